The Labute approximate surface area is 146 Å². The Hall–Kier alpha value is -1.33. The number of hydrogen-bond acceptors (Lipinski definition) is 3. The highest BCUT2D eigenvalue weighted by molar-refractivity contribution is 9.10. The molecule has 2 rings (SSSR count). The summed E-state index contributed by atoms with van der Waals surface area (Å²) >= 11 is 3.37. The van der Waals surface area contributed by atoms with E-state index in [1.165, 1.54) is 0 Å². The molecule has 2 aromatic carbocycles. The Balaban J connectivity index is 2.34. The van der Waals surface area contributed by atoms with Gasteiger partial charge in [0.2, 0.25) is 0 Å². The molecule has 0 bridgehead atoms. The minimum absolute atomic E-state index is 0.00974. The Kier molecular flexibility index (Phi) is 4.92. The number of hydrogen-bond donors (Lipinski definition) is 0. The molecule has 0 radical (unpaired) electrons. The first kappa shape index (κ1) is 18.0. The molecule has 0 heterocycles. The van der Waals surface area contributed by atoms with E-state index in [9.17, 15) is 8.42 Å². The van der Waals surface area contributed by atoms with Gasteiger partial charge in [-0.15, -0.1) is 0 Å². The minimum Gasteiger partial charge on any atom is -0.379 e. The van der Waals surface area contributed by atoms with E-state index in [1.807, 2.05) is 25.1 Å². The fraction of sp³-hybridized carbons (Fsp3) is 0.333. The van der Waals surface area contributed by atoms with Crippen molar-refractivity contribution in [3.8, 4) is 5.75 Å². The quantitative estimate of drug-likeness (QED) is 0.675. The second-order valence-corrected chi connectivity index (χ2v) is 9.05. The van der Waals surface area contributed by atoms with Crippen molar-refractivity contribution in [2.75, 3.05) is 0 Å². The second-order valence-electron chi connectivity index (χ2n) is 6.68. The van der Waals surface area contributed by atoms with E-state index in [-0.39, 0.29) is 10.3 Å². The van der Waals surface area contributed by atoms with Crippen LogP contribution in [0, 0.1) is 13.8 Å². The first-order chi connectivity index (χ1) is 10.5. The van der Waals surface area contributed by atoms with Crippen LogP contribution in [0.25, 0.3) is 0 Å². The lowest BCUT2D eigenvalue weighted by molar-refractivity contribution is 0.485. The Morgan fingerprint density at radius 2 is 1.52 bits per heavy atom. The molecule has 0 aliphatic carbocycles. The van der Waals surface area contributed by atoms with Crippen LogP contribution in [0.3, 0.4) is 0 Å². The monoisotopic (exact) mass is 396 g/mol. The van der Waals surface area contributed by atoms with Gasteiger partial charge in [-0.1, -0.05) is 54.9 Å². The summed E-state index contributed by atoms with van der Waals surface area (Å²) in [5.74, 6) is 0.314. The molecule has 0 aliphatic rings. The van der Waals surface area contributed by atoms with Crippen LogP contribution in [0.1, 0.15) is 37.5 Å². The lowest BCUT2D eigenvalue weighted by atomic mass is 9.87. The van der Waals surface area contributed by atoms with E-state index in [0.717, 1.165) is 15.6 Å². The topological polar surface area (TPSA) is 43.4 Å². The van der Waals surface area contributed by atoms with Gasteiger partial charge >= 0.3 is 10.1 Å². The maximum Gasteiger partial charge on any atom is 0.339 e. The van der Waals surface area contributed by atoms with Gasteiger partial charge in [-0.05, 0) is 54.2 Å². The van der Waals surface area contributed by atoms with Gasteiger partial charge in [-0.25, -0.2) is 0 Å². The van der Waals surface area contributed by atoms with E-state index >= 15 is 0 Å². The SMILES string of the molecule is Cc1cc(C)c(S(=O)(=O)Oc2ccc(C(C)(C)C)cc2)cc1Br. The Morgan fingerprint density at radius 1 is 0.957 bits per heavy atom. The van der Waals surface area contributed by atoms with E-state index in [2.05, 4.69) is 36.7 Å². The van der Waals surface area contributed by atoms with Crippen molar-refractivity contribution in [1.29, 1.82) is 0 Å². The van der Waals surface area contributed by atoms with Crippen molar-refractivity contribution < 1.29 is 12.6 Å². The van der Waals surface area contributed by atoms with Crippen molar-refractivity contribution in [2.45, 2.75) is 44.9 Å². The summed E-state index contributed by atoms with van der Waals surface area (Å²) in [6.45, 7) is 9.99. The van der Waals surface area contributed by atoms with Gasteiger partial charge in [0.15, 0.2) is 0 Å². The smallest absolute Gasteiger partial charge is 0.339 e. The minimum atomic E-state index is -3.86. The van der Waals surface area contributed by atoms with Gasteiger partial charge in [-0.2, -0.15) is 8.42 Å². The summed E-state index contributed by atoms with van der Waals surface area (Å²) in [5.41, 5.74) is 2.78. The molecule has 0 atom stereocenters. The molecule has 0 spiro atoms. The van der Waals surface area contributed by atoms with Crippen LogP contribution in [0.15, 0.2) is 45.8 Å². The van der Waals surface area contributed by atoms with E-state index in [0.29, 0.717) is 11.3 Å². The lowest BCUT2D eigenvalue weighted by Gasteiger charge is -2.19. The molecule has 0 saturated carbocycles. The number of benzene rings is 2. The van der Waals surface area contributed by atoms with Crippen LogP contribution >= 0.6 is 15.9 Å². The standard InChI is InChI=1S/C18H21BrO3S/c1-12-10-13(2)17(11-16(12)19)23(20,21)22-15-8-6-14(7-9-15)18(3,4)5/h6-11H,1-5H3. The Morgan fingerprint density at radius 3 is 2.04 bits per heavy atom. The highest BCUT2D eigenvalue weighted by Gasteiger charge is 2.21. The normalized spacial score (nSPS) is 12.3. The van der Waals surface area contributed by atoms with Crippen LogP contribution in [0.4, 0.5) is 0 Å². The average molecular weight is 397 g/mol. The maximum absolute atomic E-state index is 12.5. The second kappa shape index (κ2) is 6.29. The zero-order valence-corrected chi connectivity index (χ0v) is 16.4. The molecule has 0 unspecified atom stereocenters. The zero-order valence-electron chi connectivity index (χ0n) is 14.0. The molecule has 3 nitrogen and oxygen atoms in total. The van der Waals surface area contributed by atoms with Crippen molar-refractivity contribution in [3.63, 3.8) is 0 Å². The molecule has 0 saturated heterocycles. The third kappa shape index (κ3) is 4.15. The molecular formula is C18H21BrO3S. The van der Waals surface area contributed by atoms with Crippen molar-refractivity contribution >= 4 is 26.0 Å². The molecule has 2 aromatic rings. The van der Waals surface area contributed by atoms with Crippen LogP contribution in [0.5, 0.6) is 5.75 Å². The molecular weight excluding hydrogens is 376 g/mol. The molecule has 124 valence electrons. The van der Waals surface area contributed by atoms with Gasteiger partial charge in [0.25, 0.3) is 0 Å². The van der Waals surface area contributed by atoms with Gasteiger partial charge in [0, 0.05) is 4.47 Å². The van der Waals surface area contributed by atoms with E-state index in [4.69, 9.17) is 4.18 Å². The summed E-state index contributed by atoms with van der Waals surface area (Å²) in [5, 5.41) is 0. The molecule has 0 aliphatic heterocycles. The first-order valence-electron chi connectivity index (χ1n) is 7.32. The van der Waals surface area contributed by atoms with Gasteiger partial charge < -0.3 is 4.18 Å². The summed E-state index contributed by atoms with van der Waals surface area (Å²) in [6.07, 6.45) is 0. The average Bonchev–Trinajstić information content (AvgIpc) is 2.41. The third-order valence-corrected chi connectivity index (χ3v) is 5.90. The number of halogens is 1. The molecule has 0 N–H and O–H groups in total. The zero-order chi connectivity index (χ0) is 17.4. The summed E-state index contributed by atoms with van der Waals surface area (Å²) in [7, 11) is -3.86. The van der Waals surface area contributed by atoms with E-state index < -0.39 is 10.1 Å². The number of aryl methyl sites for hydroxylation is 2. The fourth-order valence-corrected chi connectivity index (χ4v) is 3.92. The van der Waals surface area contributed by atoms with Crippen molar-refractivity contribution in [1.82, 2.24) is 0 Å². The fourth-order valence-electron chi connectivity index (χ4n) is 2.26. The first-order valence-corrected chi connectivity index (χ1v) is 9.52. The lowest BCUT2D eigenvalue weighted by Crippen LogP contribution is -2.13. The molecule has 0 fully saturated rings. The van der Waals surface area contributed by atoms with Crippen LogP contribution in [0.2, 0.25) is 0 Å². The molecule has 23 heavy (non-hydrogen) atoms. The maximum atomic E-state index is 12.5. The van der Waals surface area contributed by atoms with E-state index in [1.54, 1.807) is 25.1 Å². The molecule has 0 aromatic heterocycles. The predicted molar refractivity (Wildman–Crippen MR) is 96.6 cm³/mol. The summed E-state index contributed by atoms with van der Waals surface area (Å²) < 4.78 is 31.1. The molecule has 0 amide bonds. The largest absolute Gasteiger partial charge is 0.379 e. The predicted octanol–water partition coefficient (Wildman–Crippen LogP) is 5.13. The Bertz CT molecular complexity index is 817. The molecule has 5 heteroatoms. The van der Waals surface area contributed by atoms with Crippen LogP contribution in [-0.4, -0.2) is 8.42 Å². The van der Waals surface area contributed by atoms with Gasteiger partial charge in [-0.3, -0.25) is 0 Å². The van der Waals surface area contributed by atoms with Gasteiger partial charge in [0.05, 0.1) is 0 Å². The third-order valence-electron chi connectivity index (χ3n) is 3.65. The highest BCUT2D eigenvalue weighted by atomic mass is 79.9. The van der Waals surface area contributed by atoms with Crippen LogP contribution < -0.4 is 4.18 Å². The number of rotatable bonds is 3. The summed E-state index contributed by atoms with van der Waals surface area (Å²) in [6, 6.07) is 10.6. The van der Waals surface area contributed by atoms with Gasteiger partial charge in [0.1, 0.15) is 10.6 Å². The highest BCUT2D eigenvalue weighted by Crippen LogP contribution is 2.28. The van der Waals surface area contributed by atoms with Crippen molar-refractivity contribution in [3.05, 3.63) is 57.6 Å². The summed E-state index contributed by atoms with van der Waals surface area (Å²) in [4.78, 5) is 0.176. The van der Waals surface area contributed by atoms with Crippen molar-refractivity contribution in [2.24, 2.45) is 0 Å². The van der Waals surface area contributed by atoms with Crippen LogP contribution in [-0.2, 0) is 15.5 Å².